The quantitative estimate of drug-likeness (QED) is 0.434. The van der Waals surface area contributed by atoms with Crippen LogP contribution in [0.4, 0.5) is 0 Å². The second-order valence-electron chi connectivity index (χ2n) is 4.98. The molecule has 0 unspecified atom stereocenters. The minimum Gasteiger partial charge on any atom is -0.468 e. The summed E-state index contributed by atoms with van der Waals surface area (Å²) in [5.41, 5.74) is 1.92. The number of furan rings is 1. The lowest BCUT2D eigenvalue weighted by atomic mass is 10.0. The molecule has 0 spiro atoms. The average Bonchev–Trinajstić information content (AvgIpc) is 2.77. The Labute approximate surface area is 111 Å². The molecule has 0 N–H and O–H groups in total. The first-order valence-electron chi connectivity index (χ1n) is 7.37. The molecule has 1 rings (SSSR count). The van der Waals surface area contributed by atoms with E-state index in [9.17, 15) is 4.79 Å². The molecule has 102 valence electrons. The lowest BCUT2D eigenvalue weighted by molar-refractivity contribution is 0.112. The van der Waals surface area contributed by atoms with Crippen molar-refractivity contribution in [2.24, 2.45) is 0 Å². The van der Waals surface area contributed by atoms with Crippen molar-refractivity contribution in [1.82, 2.24) is 0 Å². The summed E-state index contributed by atoms with van der Waals surface area (Å²) in [5, 5.41) is 0. The fraction of sp³-hybridized carbons (Fsp3) is 0.688. The number of carbonyl (C=O) groups excluding carboxylic acids is 1. The Morgan fingerprint density at radius 2 is 1.67 bits per heavy atom. The average molecular weight is 250 g/mol. The van der Waals surface area contributed by atoms with Crippen LogP contribution in [0.1, 0.15) is 80.5 Å². The van der Waals surface area contributed by atoms with Crippen molar-refractivity contribution in [3.63, 3.8) is 0 Å². The van der Waals surface area contributed by atoms with Gasteiger partial charge in [-0.1, -0.05) is 46.0 Å². The van der Waals surface area contributed by atoms with E-state index in [0.29, 0.717) is 0 Å². The number of hydrogen-bond donors (Lipinski definition) is 0. The largest absolute Gasteiger partial charge is 0.468 e. The van der Waals surface area contributed by atoms with Gasteiger partial charge in [0.05, 0.1) is 5.56 Å². The van der Waals surface area contributed by atoms with Crippen molar-refractivity contribution in [2.75, 3.05) is 0 Å². The molecule has 1 heterocycles. The van der Waals surface area contributed by atoms with Gasteiger partial charge in [0.15, 0.2) is 6.29 Å². The number of unbranched alkanes of at least 4 members (excludes halogenated alkanes) is 5. The molecule has 0 atom stereocenters. The Balaban J connectivity index is 2.54. The van der Waals surface area contributed by atoms with Gasteiger partial charge >= 0.3 is 0 Å². The lowest BCUT2D eigenvalue weighted by Crippen LogP contribution is -1.95. The van der Waals surface area contributed by atoms with Crippen LogP contribution in [0.2, 0.25) is 0 Å². The Hall–Kier alpha value is -1.05. The third-order valence-electron chi connectivity index (χ3n) is 3.43. The Kier molecular flexibility index (Phi) is 7.47. The monoisotopic (exact) mass is 250 g/mol. The van der Waals surface area contributed by atoms with Crippen LogP contribution in [0.5, 0.6) is 0 Å². The minimum absolute atomic E-state index is 0.761. The molecule has 2 nitrogen and oxygen atoms in total. The summed E-state index contributed by atoms with van der Waals surface area (Å²) in [5.74, 6) is 1.05. The van der Waals surface area contributed by atoms with Gasteiger partial charge in [0, 0.05) is 12.0 Å². The second-order valence-corrected chi connectivity index (χ2v) is 4.98. The van der Waals surface area contributed by atoms with Crippen LogP contribution in [0.25, 0.3) is 0 Å². The van der Waals surface area contributed by atoms with Crippen LogP contribution >= 0.6 is 0 Å². The van der Waals surface area contributed by atoms with Crippen LogP contribution in [0.3, 0.4) is 0 Å². The van der Waals surface area contributed by atoms with Gasteiger partial charge in [-0.05, 0) is 19.3 Å². The third-order valence-corrected chi connectivity index (χ3v) is 3.43. The van der Waals surface area contributed by atoms with Crippen molar-refractivity contribution >= 4 is 6.29 Å². The number of rotatable bonds is 10. The number of aryl methyl sites for hydroxylation is 1. The summed E-state index contributed by atoms with van der Waals surface area (Å²) >= 11 is 0. The Bertz CT molecular complexity index is 339. The highest BCUT2D eigenvalue weighted by molar-refractivity contribution is 5.77. The van der Waals surface area contributed by atoms with Crippen molar-refractivity contribution < 1.29 is 9.21 Å². The normalized spacial score (nSPS) is 10.8. The summed E-state index contributed by atoms with van der Waals surface area (Å²) < 4.78 is 5.57. The fourth-order valence-electron chi connectivity index (χ4n) is 2.29. The molecule has 2 heteroatoms. The first-order chi connectivity index (χ1) is 8.83. The van der Waals surface area contributed by atoms with Crippen LogP contribution in [0.15, 0.2) is 10.7 Å². The zero-order valence-corrected chi connectivity index (χ0v) is 11.8. The summed E-state index contributed by atoms with van der Waals surface area (Å²) in [7, 11) is 0. The van der Waals surface area contributed by atoms with Crippen molar-refractivity contribution in [3.8, 4) is 0 Å². The highest BCUT2D eigenvalue weighted by atomic mass is 16.3. The molecule has 1 aromatic heterocycles. The molecule has 0 aromatic carbocycles. The summed E-state index contributed by atoms with van der Waals surface area (Å²) in [6.07, 6.45) is 13.1. The standard InChI is InChI=1S/C16H26O2/c1-3-5-7-9-11-16-15(10-8-6-4-2)14(12-17)13-18-16/h12-13H,3-11H2,1-2H3. The molecule has 0 aliphatic carbocycles. The maximum absolute atomic E-state index is 11.0. The molecule has 0 radical (unpaired) electrons. The van der Waals surface area contributed by atoms with E-state index < -0.39 is 0 Å². The van der Waals surface area contributed by atoms with E-state index >= 15 is 0 Å². The predicted molar refractivity (Wildman–Crippen MR) is 75.2 cm³/mol. The molecule has 0 saturated carbocycles. The first-order valence-corrected chi connectivity index (χ1v) is 7.37. The minimum atomic E-state index is 0.761. The maximum Gasteiger partial charge on any atom is 0.153 e. The molecule has 0 aliphatic heterocycles. The topological polar surface area (TPSA) is 30.2 Å². The van der Waals surface area contributed by atoms with E-state index in [2.05, 4.69) is 13.8 Å². The van der Waals surface area contributed by atoms with Crippen LogP contribution < -0.4 is 0 Å². The third kappa shape index (κ3) is 4.67. The maximum atomic E-state index is 11.0. The second kappa shape index (κ2) is 8.96. The molecule has 0 amide bonds. The van der Waals surface area contributed by atoms with Gasteiger partial charge in [0.25, 0.3) is 0 Å². The summed E-state index contributed by atoms with van der Waals surface area (Å²) in [6.45, 7) is 4.41. The lowest BCUT2D eigenvalue weighted by Gasteiger charge is -2.03. The van der Waals surface area contributed by atoms with Gasteiger partial charge in [0.1, 0.15) is 12.0 Å². The van der Waals surface area contributed by atoms with E-state index in [1.807, 2.05) is 0 Å². The van der Waals surface area contributed by atoms with E-state index in [1.165, 1.54) is 38.5 Å². The van der Waals surface area contributed by atoms with Crippen LogP contribution in [0, 0.1) is 0 Å². The molecule has 18 heavy (non-hydrogen) atoms. The highest BCUT2D eigenvalue weighted by Gasteiger charge is 2.12. The van der Waals surface area contributed by atoms with Gasteiger partial charge in [-0.2, -0.15) is 0 Å². The predicted octanol–water partition coefficient (Wildman–Crippen LogP) is 4.95. The number of aldehydes is 1. The molecule has 0 aliphatic rings. The van der Waals surface area contributed by atoms with E-state index in [1.54, 1.807) is 6.26 Å². The van der Waals surface area contributed by atoms with Gasteiger partial charge in [-0.15, -0.1) is 0 Å². The molecule has 0 saturated heterocycles. The van der Waals surface area contributed by atoms with Crippen molar-refractivity contribution in [2.45, 2.75) is 71.6 Å². The number of carbonyl (C=O) groups is 1. The van der Waals surface area contributed by atoms with Crippen molar-refractivity contribution in [3.05, 3.63) is 23.2 Å². The van der Waals surface area contributed by atoms with Crippen LogP contribution in [-0.2, 0) is 12.8 Å². The molecule has 0 fully saturated rings. The molecular formula is C16H26O2. The summed E-state index contributed by atoms with van der Waals surface area (Å²) in [4.78, 5) is 11.0. The highest BCUT2D eigenvalue weighted by Crippen LogP contribution is 2.21. The van der Waals surface area contributed by atoms with E-state index in [-0.39, 0.29) is 0 Å². The smallest absolute Gasteiger partial charge is 0.153 e. The SMILES string of the molecule is CCCCCCc1occ(C=O)c1CCCCC. The number of hydrogen-bond acceptors (Lipinski definition) is 2. The first kappa shape index (κ1) is 15.0. The van der Waals surface area contributed by atoms with E-state index in [4.69, 9.17) is 4.42 Å². The molecular weight excluding hydrogens is 224 g/mol. The zero-order chi connectivity index (χ0) is 13.2. The van der Waals surface area contributed by atoms with Gasteiger partial charge < -0.3 is 4.42 Å². The van der Waals surface area contributed by atoms with Gasteiger partial charge in [0.2, 0.25) is 0 Å². The molecule has 0 bridgehead atoms. The van der Waals surface area contributed by atoms with Gasteiger partial charge in [-0.25, -0.2) is 0 Å². The Morgan fingerprint density at radius 3 is 2.33 bits per heavy atom. The van der Waals surface area contributed by atoms with Crippen LogP contribution in [-0.4, -0.2) is 6.29 Å². The Morgan fingerprint density at radius 1 is 1.00 bits per heavy atom. The summed E-state index contributed by atoms with van der Waals surface area (Å²) in [6, 6.07) is 0. The van der Waals surface area contributed by atoms with Crippen molar-refractivity contribution in [1.29, 1.82) is 0 Å². The zero-order valence-electron chi connectivity index (χ0n) is 11.8. The molecule has 1 aromatic rings. The van der Waals surface area contributed by atoms with E-state index in [0.717, 1.165) is 42.4 Å². The fourth-order valence-corrected chi connectivity index (χ4v) is 2.29. The van der Waals surface area contributed by atoms with Gasteiger partial charge in [-0.3, -0.25) is 4.79 Å².